The van der Waals surface area contributed by atoms with E-state index in [2.05, 4.69) is 40.7 Å². The van der Waals surface area contributed by atoms with Gasteiger partial charge in [-0.25, -0.2) is 0 Å². The lowest BCUT2D eigenvalue weighted by molar-refractivity contribution is -0.376. The molecule has 12 N–H and O–H groups in total. The number of hydrogen-bond acceptors (Lipinski definition) is 22. The van der Waals surface area contributed by atoms with Gasteiger partial charge in [-0.05, 0) is 138 Å². The standard InChI is InChI=1S/C56H94O22/c1-24(2)13-12-17-56(11,78-50-46(69)42(65)39(62)31(75-50)23-71-48-44(67)40(63)36(59)25(3)72-48)28-14-19-55(10)35(28)29(58)21-33-53(8)18-16-34(52(6,7)32(53)15-20-54(33,55)9)76-51-47(43(66)37(60)26(4)73-51)77-49-45(68)41(64)38(61)30(74-49)22-70-27(5)57/h13,25-26,28-51,58-69H,12,14-23H2,1-11H3/t25-,26-,28?,29-,30-,31-,32+,33-,34?,35?,36-,37-,38-,39-,40+,41+,42+,43+,44-,45-,46-,47-,48-,49+,50?,51+,53+,54-,55-,56+/m1/s1. The molecule has 78 heavy (non-hydrogen) atoms. The first kappa shape index (κ1) is 62.5. The van der Waals surface area contributed by atoms with Crippen LogP contribution in [0, 0.1) is 45.3 Å². The highest BCUT2D eigenvalue weighted by molar-refractivity contribution is 5.65. The van der Waals surface area contributed by atoms with E-state index in [1.165, 1.54) is 13.8 Å². The van der Waals surface area contributed by atoms with Crippen LogP contribution in [0.15, 0.2) is 11.6 Å². The summed E-state index contributed by atoms with van der Waals surface area (Å²) in [6.07, 6.45) is -22.4. The van der Waals surface area contributed by atoms with Crippen LogP contribution in [0.25, 0.3) is 0 Å². The van der Waals surface area contributed by atoms with Gasteiger partial charge < -0.3 is 104 Å². The van der Waals surface area contributed by atoms with Crippen LogP contribution in [-0.4, -0.2) is 221 Å². The van der Waals surface area contributed by atoms with Crippen LogP contribution in [-0.2, 0) is 47.4 Å². The molecule has 0 aromatic heterocycles. The van der Waals surface area contributed by atoms with E-state index in [1.54, 1.807) is 6.92 Å². The number of rotatable bonds is 15. The molecule has 450 valence electrons. The summed E-state index contributed by atoms with van der Waals surface area (Å²) in [5, 5.41) is 133. The molecule has 0 amide bonds. The molecule has 4 unspecified atom stereocenters. The lowest BCUT2D eigenvalue weighted by Crippen LogP contribution is -2.68. The Bertz CT molecular complexity index is 2080. The third-order valence-corrected chi connectivity index (χ3v) is 21.1. The monoisotopic (exact) mass is 1120 g/mol. The van der Waals surface area contributed by atoms with E-state index in [9.17, 15) is 66.1 Å². The van der Waals surface area contributed by atoms with E-state index < -0.39 is 165 Å². The Labute approximate surface area is 458 Å². The molecule has 0 bridgehead atoms. The molecule has 0 spiro atoms. The highest BCUT2D eigenvalue weighted by atomic mass is 16.8. The number of fused-ring (bicyclic) bond motifs is 5. The predicted octanol–water partition coefficient (Wildman–Crippen LogP) is 0.423. The zero-order valence-corrected chi connectivity index (χ0v) is 47.3. The van der Waals surface area contributed by atoms with E-state index in [1.807, 2.05) is 20.8 Å². The van der Waals surface area contributed by atoms with Crippen LogP contribution < -0.4 is 0 Å². The maximum absolute atomic E-state index is 12.9. The summed E-state index contributed by atoms with van der Waals surface area (Å²) >= 11 is 0. The molecule has 8 rings (SSSR count). The molecule has 8 aliphatic rings. The average Bonchev–Trinajstić information content (AvgIpc) is 3.98. The van der Waals surface area contributed by atoms with E-state index in [0.29, 0.717) is 32.1 Å². The van der Waals surface area contributed by atoms with Crippen LogP contribution >= 0.6 is 0 Å². The van der Waals surface area contributed by atoms with Crippen molar-refractivity contribution in [2.75, 3.05) is 13.2 Å². The van der Waals surface area contributed by atoms with Crippen molar-refractivity contribution in [3.63, 3.8) is 0 Å². The molecule has 4 aliphatic carbocycles. The Balaban J connectivity index is 1.000. The van der Waals surface area contributed by atoms with E-state index >= 15 is 0 Å². The van der Waals surface area contributed by atoms with Crippen molar-refractivity contribution in [2.45, 2.75) is 275 Å². The zero-order chi connectivity index (χ0) is 57.5. The first-order valence-corrected chi connectivity index (χ1v) is 28.5. The Kier molecular flexibility index (Phi) is 18.8. The minimum Gasteiger partial charge on any atom is -0.463 e. The smallest absolute Gasteiger partial charge is 0.302 e. The lowest BCUT2D eigenvalue weighted by Gasteiger charge is -2.71. The van der Waals surface area contributed by atoms with Gasteiger partial charge in [0.05, 0.1) is 36.6 Å². The fraction of sp³-hybridized carbons (Fsp3) is 0.946. The predicted molar refractivity (Wildman–Crippen MR) is 273 cm³/mol. The quantitative estimate of drug-likeness (QED) is 0.0601. The van der Waals surface area contributed by atoms with Crippen LogP contribution in [0.3, 0.4) is 0 Å². The lowest BCUT2D eigenvalue weighted by atomic mass is 9.35. The van der Waals surface area contributed by atoms with Crippen molar-refractivity contribution < 1.29 is 109 Å². The maximum Gasteiger partial charge on any atom is 0.302 e. The van der Waals surface area contributed by atoms with Gasteiger partial charge in [-0.3, -0.25) is 4.79 Å². The molecule has 4 saturated heterocycles. The van der Waals surface area contributed by atoms with Crippen LogP contribution in [0.2, 0.25) is 0 Å². The normalized spacial score (nSPS) is 52.0. The van der Waals surface area contributed by atoms with Gasteiger partial charge in [-0.1, -0.05) is 46.3 Å². The van der Waals surface area contributed by atoms with E-state index in [-0.39, 0.29) is 39.9 Å². The highest BCUT2D eigenvalue weighted by Crippen LogP contribution is 2.76. The van der Waals surface area contributed by atoms with Crippen molar-refractivity contribution in [1.29, 1.82) is 0 Å². The fourth-order valence-corrected chi connectivity index (χ4v) is 16.3. The number of aliphatic hydroxyl groups excluding tert-OH is 12. The average molecular weight is 1120 g/mol. The highest BCUT2D eigenvalue weighted by Gasteiger charge is 2.72. The molecule has 0 aromatic rings. The minimum absolute atomic E-state index is 0.0717. The molecule has 4 aliphatic heterocycles. The fourth-order valence-electron chi connectivity index (χ4n) is 16.3. The molecule has 4 heterocycles. The van der Waals surface area contributed by atoms with Crippen molar-refractivity contribution in [3.8, 4) is 0 Å². The van der Waals surface area contributed by atoms with Crippen molar-refractivity contribution in [1.82, 2.24) is 0 Å². The summed E-state index contributed by atoms with van der Waals surface area (Å²) in [5.41, 5.74) is -1.38. The molecule has 0 aromatic carbocycles. The second-order valence-electron chi connectivity index (χ2n) is 26.3. The molecule has 30 atom stereocenters. The van der Waals surface area contributed by atoms with Gasteiger partial charge >= 0.3 is 5.97 Å². The Hall–Kier alpha value is -1.59. The third-order valence-electron chi connectivity index (χ3n) is 21.1. The largest absolute Gasteiger partial charge is 0.463 e. The first-order valence-electron chi connectivity index (χ1n) is 28.5. The zero-order valence-electron chi connectivity index (χ0n) is 47.3. The summed E-state index contributed by atoms with van der Waals surface area (Å²) in [5.74, 6) is -0.989. The van der Waals surface area contributed by atoms with Gasteiger partial charge in [-0.2, -0.15) is 0 Å². The molecule has 0 radical (unpaired) electrons. The second kappa shape index (κ2) is 23.5. The number of carbonyl (C=O) groups is 1. The van der Waals surface area contributed by atoms with Gasteiger partial charge in [0.2, 0.25) is 0 Å². The maximum atomic E-state index is 12.9. The van der Waals surface area contributed by atoms with Crippen LogP contribution in [0.4, 0.5) is 0 Å². The summed E-state index contributed by atoms with van der Waals surface area (Å²) in [6.45, 7) is 20.8. The number of aliphatic hydroxyl groups is 12. The SMILES string of the molecule is CC(=O)OC[C@H]1O[C@@H](O[C@H]2[C@H](OC3CC[C@]4(C)[C@H]5C[C@@H](O)C6C([C@](C)(CCC=C(C)C)OC7O[C@H](CO[C@@H]8O[C@H](C)[C@@H](O)[C@H](O)[C@H]8O)[C@@H](O)[C@H](O)[C@H]7O)CC[C@@]6(C)[C@]5(C)CC[C@H]4C3(C)C)O[C@H](C)[C@@H](O)[C@@H]2O)[C@H](O)[C@@H](O)[C@@H]1O. The number of hydrogen-bond donors (Lipinski definition) is 12. The minimum atomic E-state index is -1.80. The van der Waals surface area contributed by atoms with Crippen LogP contribution in [0.5, 0.6) is 0 Å². The van der Waals surface area contributed by atoms with Gasteiger partial charge in [-0.15, -0.1) is 0 Å². The topological polar surface area (TPSA) is 343 Å². The summed E-state index contributed by atoms with van der Waals surface area (Å²) in [4.78, 5) is 11.6. The van der Waals surface area contributed by atoms with Crippen molar-refractivity contribution in [2.24, 2.45) is 45.3 Å². The number of carbonyl (C=O) groups excluding carboxylic acids is 1. The van der Waals surface area contributed by atoms with E-state index in [4.69, 9.17) is 42.6 Å². The van der Waals surface area contributed by atoms with Gasteiger partial charge in [0.25, 0.3) is 0 Å². The molecule has 22 heteroatoms. The van der Waals surface area contributed by atoms with Gasteiger partial charge in [0.15, 0.2) is 25.2 Å². The Morgan fingerprint density at radius 1 is 0.590 bits per heavy atom. The Morgan fingerprint density at radius 3 is 1.77 bits per heavy atom. The number of ether oxygens (including phenoxy) is 9. The van der Waals surface area contributed by atoms with Crippen molar-refractivity contribution in [3.05, 3.63) is 11.6 Å². The summed E-state index contributed by atoms with van der Waals surface area (Å²) in [6, 6.07) is 0. The van der Waals surface area contributed by atoms with E-state index in [0.717, 1.165) is 31.3 Å². The first-order chi connectivity index (χ1) is 36.3. The van der Waals surface area contributed by atoms with Crippen molar-refractivity contribution >= 4 is 5.97 Å². The number of allylic oxidation sites excluding steroid dienone is 2. The van der Waals surface area contributed by atoms with Gasteiger partial charge in [0.1, 0.15) is 92.1 Å². The van der Waals surface area contributed by atoms with Gasteiger partial charge in [0, 0.05) is 6.92 Å². The van der Waals surface area contributed by atoms with Crippen LogP contribution in [0.1, 0.15) is 134 Å². The molecule has 8 fully saturated rings. The molecule has 22 nitrogen and oxygen atoms in total. The number of esters is 1. The molecule has 4 saturated carbocycles. The molecular formula is C56H94O22. The Morgan fingerprint density at radius 2 is 1.14 bits per heavy atom. The third kappa shape index (κ3) is 11.2. The molecular weight excluding hydrogens is 1020 g/mol. The summed E-state index contributed by atoms with van der Waals surface area (Å²) < 4.78 is 54.7. The second-order valence-corrected chi connectivity index (χ2v) is 26.3. The summed E-state index contributed by atoms with van der Waals surface area (Å²) in [7, 11) is 0.